The molecule has 0 radical (unpaired) electrons. The van der Waals surface area contributed by atoms with E-state index in [0.29, 0.717) is 6.04 Å². The first-order valence-corrected chi connectivity index (χ1v) is 6.80. The van der Waals surface area contributed by atoms with Crippen LogP contribution in [0.3, 0.4) is 0 Å². The second-order valence-corrected chi connectivity index (χ2v) is 5.45. The summed E-state index contributed by atoms with van der Waals surface area (Å²) in [5, 5.41) is 3.66. The summed E-state index contributed by atoms with van der Waals surface area (Å²) in [6, 6.07) is 2.35. The van der Waals surface area contributed by atoms with Gasteiger partial charge in [0.25, 0.3) is 0 Å². The molecule has 0 bridgehead atoms. The molecule has 1 saturated heterocycles. The van der Waals surface area contributed by atoms with E-state index >= 15 is 0 Å². The van der Waals surface area contributed by atoms with Gasteiger partial charge in [0.05, 0.1) is 0 Å². The van der Waals surface area contributed by atoms with Crippen LogP contribution in [0.25, 0.3) is 0 Å². The maximum atomic E-state index is 4.24. The van der Waals surface area contributed by atoms with Crippen LogP contribution in [0.5, 0.6) is 0 Å². The summed E-state index contributed by atoms with van der Waals surface area (Å²) in [5.41, 5.74) is 0. The van der Waals surface area contributed by atoms with Crippen molar-refractivity contribution in [2.45, 2.75) is 50.7 Å². The van der Waals surface area contributed by atoms with Gasteiger partial charge in [0.1, 0.15) is 5.82 Å². The average Bonchev–Trinajstić information content (AvgIpc) is 2.89. The van der Waals surface area contributed by atoms with Gasteiger partial charge in [-0.25, -0.2) is 4.98 Å². The highest BCUT2D eigenvalue weighted by Gasteiger charge is 2.38. The van der Waals surface area contributed by atoms with Crippen molar-refractivity contribution in [2.75, 3.05) is 13.1 Å². The van der Waals surface area contributed by atoms with Gasteiger partial charge < -0.3 is 10.3 Å². The number of imidazole rings is 1. The van der Waals surface area contributed by atoms with Crippen LogP contribution in [0.2, 0.25) is 0 Å². The summed E-state index contributed by atoms with van der Waals surface area (Å²) in [7, 11) is 0. The summed E-state index contributed by atoms with van der Waals surface area (Å²) < 4.78 is 0. The van der Waals surface area contributed by atoms with Crippen LogP contribution in [-0.4, -0.2) is 46.1 Å². The molecule has 4 heteroatoms. The third-order valence-electron chi connectivity index (χ3n) is 3.99. The number of hydrogen-bond acceptors (Lipinski definition) is 3. The van der Waals surface area contributed by atoms with E-state index in [-0.39, 0.29) is 0 Å². The molecule has 0 amide bonds. The molecule has 2 unspecified atom stereocenters. The Morgan fingerprint density at radius 2 is 2.41 bits per heavy atom. The Morgan fingerprint density at radius 1 is 1.53 bits per heavy atom. The highest BCUT2D eigenvalue weighted by Crippen LogP contribution is 2.33. The minimum Gasteiger partial charge on any atom is -0.349 e. The van der Waals surface area contributed by atoms with Gasteiger partial charge in [0.15, 0.2) is 0 Å². The number of likely N-dealkylation sites (tertiary alicyclic amines) is 1. The predicted molar refractivity (Wildman–Crippen MR) is 67.9 cm³/mol. The Hall–Kier alpha value is -0.870. The molecule has 2 fully saturated rings. The van der Waals surface area contributed by atoms with Crippen molar-refractivity contribution in [3.05, 3.63) is 18.2 Å². The summed E-state index contributed by atoms with van der Waals surface area (Å²) in [6.07, 6.45) is 8.85. The minimum absolute atomic E-state index is 0.681. The van der Waals surface area contributed by atoms with E-state index < -0.39 is 0 Å². The minimum atomic E-state index is 0.681. The average molecular weight is 234 g/mol. The molecule has 1 aliphatic heterocycles. The zero-order valence-electron chi connectivity index (χ0n) is 10.5. The molecule has 0 spiro atoms. The molecule has 1 aromatic heterocycles. The van der Waals surface area contributed by atoms with E-state index in [2.05, 4.69) is 27.1 Å². The molecule has 1 aromatic rings. The summed E-state index contributed by atoms with van der Waals surface area (Å²) in [6.45, 7) is 4.64. The van der Waals surface area contributed by atoms with Crippen LogP contribution in [0.15, 0.2) is 12.4 Å². The number of H-pyrrole nitrogens is 1. The van der Waals surface area contributed by atoms with E-state index in [1.807, 2.05) is 12.4 Å². The van der Waals surface area contributed by atoms with Gasteiger partial charge in [-0.3, -0.25) is 4.90 Å². The van der Waals surface area contributed by atoms with Crippen molar-refractivity contribution >= 4 is 0 Å². The lowest BCUT2D eigenvalue weighted by atomic mass is 10.2. The monoisotopic (exact) mass is 234 g/mol. The van der Waals surface area contributed by atoms with E-state index in [1.54, 1.807) is 0 Å². The van der Waals surface area contributed by atoms with E-state index in [1.165, 1.54) is 25.8 Å². The van der Waals surface area contributed by atoms with Crippen LogP contribution in [0.1, 0.15) is 32.0 Å². The van der Waals surface area contributed by atoms with Gasteiger partial charge in [0, 0.05) is 50.0 Å². The highest BCUT2D eigenvalue weighted by atomic mass is 15.3. The van der Waals surface area contributed by atoms with Gasteiger partial charge in [-0.1, -0.05) is 0 Å². The van der Waals surface area contributed by atoms with Gasteiger partial charge >= 0.3 is 0 Å². The van der Waals surface area contributed by atoms with Crippen LogP contribution in [0.4, 0.5) is 0 Å². The lowest BCUT2D eigenvalue weighted by molar-refractivity contribution is 0.255. The second-order valence-electron chi connectivity index (χ2n) is 5.45. The van der Waals surface area contributed by atoms with Crippen LogP contribution in [-0.2, 0) is 6.42 Å². The van der Waals surface area contributed by atoms with E-state index in [0.717, 1.165) is 30.9 Å². The molecule has 0 aromatic carbocycles. The van der Waals surface area contributed by atoms with Crippen molar-refractivity contribution in [2.24, 2.45) is 0 Å². The molecule has 2 heterocycles. The Labute approximate surface area is 103 Å². The summed E-state index contributed by atoms with van der Waals surface area (Å²) >= 11 is 0. The fourth-order valence-electron chi connectivity index (χ4n) is 2.95. The fourth-order valence-corrected chi connectivity index (χ4v) is 2.95. The van der Waals surface area contributed by atoms with Crippen LogP contribution in [0, 0.1) is 0 Å². The molecule has 4 nitrogen and oxygen atoms in total. The molecule has 2 N–H and O–H groups in total. The number of rotatable bonds is 5. The molecular weight excluding hydrogens is 212 g/mol. The van der Waals surface area contributed by atoms with Gasteiger partial charge in [-0.15, -0.1) is 0 Å². The third-order valence-corrected chi connectivity index (χ3v) is 3.99. The van der Waals surface area contributed by atoms with E-state index in [4.69, 9.17) is 0 Å². The summed E-state index contributed by atoms with van der Waals surface area (Å²) in [5.74, 6) is 1.09. The Morgan fingerprint density at radius 3 is 3.12 bits per heavy atom. The third kappa shape index (κ3) is 2.69. The first-order chi connectivity index (χ1) is 8.33. The van der Waals surface area contributed by atoms with Crippen molar-refractivity contribution in [1.82, 2.24) is 20.2 Å². The summed E-state index contributed by atoms with van der Waals surface area (Å²) in [4.78, 5) is 10.1. The topological polar surface area (TPSA) is 44.0 Å². The Kier molecular flexibility index (Phi) is 3.16. The highest BCUT2D eigenvalue weighted by molar-refractivity contribution is 4.96. The molecule has 2 aliphatic rings. The zero-order valence-corrected chi connectivity index (χ0v) is 10.5. The number of aromatic nitrogens is 2. The molecule has 1 aliphatic carbocycles. The largest absolute Gasteiger partial charge is 0.349 e. The smallest absolute Gasteiger partial charge is 0.107 e. The maximum absolute atomic E-state index is 4.24. The first kappa shape index (κ1) is 11.2. The number of nitrogens with one attached hydrogen (secondary N) is 2. The van der Waals surface area contributed by atoms with Gasteiger partial charge in [-0.05, 0) is 26.2 Å². The molecule has 94 valence electrons. The molecule has 1 saturated carbocycles. The number of hydrogen-bond donors (Lipinski definition) is 2. The van der Waals surface area contributed by atoms with Crippen LogP contribution < -0.4 is 5.32 Å². The normalized spacial score (nSPS) is 29.9. The Balaban J connectivity index is 1.41. The SMILES string of the molecule is CC1CC(NCCc2ncc[nH]2)CN1C1CC1. The van der Waals surface area contributed by atoms with Crippen molar-refractivity contribution in [1.29, 1.82) is 0 Å². The van der Waals surface area contributed by atoms with E-state index in [9.17, 15) is 0 Å². The Bertz CT molecular complexity index is 344. The van der Waals surface area contributed by atoms with Crippen LogP contribution >= 0.6 is 0 Å². The zero-order chi connectivity index (χ0) is 11.7. The van der Waals surface area contributed by atoms with Crippen molar-refractivity contribution < 1.29 is 0 Å². The molecule has 17 heavy (non-hydrogen) atoms. The number of aromatic amines is 1. The fraction of sp³-hybridized carbons (Fsp3) is 0.769. The van der Waals surface area contributed by atoms with Crippen molar-refractivity contribution in [3.8, 4) is 0 Å². The maximum Gasteiger partial charge on any atom is 0.107 e. The molecule has 2 atom stereocenters. The quantitative estimate of drug-likeness (QED) is 0.803. The second kappa shape index (κ2) is 4.78. The predicted octanol–water partition coefficient (Wildman–Crippen LogP) is 1.17. The lowest BCUT2D eigenvalue weighted by Gasteiger charge is -2.19. The molecular formula is C13H22N4. The van der Waals surface area contributed by atoms with Gasteiger partial charge in [-0.2, -0.15) is 0 Å². The standard InChI is InChI=1S/C13H22N4/c1-10-8-11(9-17(10)12-2-3-12)14-5-4-13-15-6-7-16-13/h6-7,10-12,14H,2-5,8-9H2,1H3,(H,15,16). The van der Waals surface area contributed by atoms with Crippen molar-refractivity contribution in [3.63, 3.8) is 0 Å². The van der Waals surface area contributed by atoms with Gasteiger partial charge in [0.2, 0.25) is 0 Å². The number of nitrogens with zero attached hydrogens (tertiary/aromatic N) is 2. The first-order valence-electron chi connectivity index (χ1n) is 6.80. The lowest BCUT2D eigenvalue weighted by Crippen LogP contribution is -2.35. The molecule has 3 rings (SSSR count).